The number of carbonyl (C=O) groups excluding carboxylic acids is 2. The second-order valence-electron chi connectivity index (χ2n) is 6.54. The molecule has 0 radical (unpaired) electrons. The van der Waals surface area contributed by atoms with Crippen molar-refractivity contribution < 1.29 is 19.5 Å². The Hall–Kier alpha value is -3.15. The highest BCUT2D eigenvalue weighted by Gasteiger charge is 2.12. The number of nitrogens with one attached hydrogen (secondary N) is 2. The van der Waals surface area contributed by atoms with Gasteiger partial charge in [0.25, 0.3) is 5.91 Å². The second-order valence-corrected chi connectivity index (χ2v) is 6.54. The fraction of sp³-hybridized carbons (Fsp3) is 0.333. The van der Waals surface area contributed by atoms with E-state index >= 15 is 0 Å². The van der Waals surface area contributed by atoms with E-state index in [1.54, 1.807) is 42.5 Å². The molecule has 1 aliphatic carbocycles. The van der Waals surface area contributed by atoms with Gasteiger partial charge in [0.2, 0.25) is 5.91 Å². The predicted octanol–water partition coefficient (Wildman–Crippen LogP) is 1.91. The van der Waals surface area contributed by atoms with Gasteiger partial charge in [-0.2, -0.15) is 0 Å². The molecule has 28 heavy (non-hydrogen) atoms. The van der Waals surface area contributed by atoms with Crippen LogP contribution < -0.4 is 16.4 Å². The summed E-state index contributed by atoms with van der Waals surface area (Å²) in [7, 11) is 0. The van der Waals surface area contributed by atoms with Crippen LogP contribution in [0.5, 0.6) is 0 Å². The summed E-state index contributed by atoms with van der Waals surface area (Å²) in [5.41, 5.74) is 10.4. The molecular weight excluding hydrogens is 358 g/mol. The largest absolute Gasteiger partial charge is 0.480 e. The number of anilines is 1. The lowest BCUT2D eigenvalue weighted by Crippen LogP contribution is -2.32. The highest BCUT2D eigenvalue weighted by atomic mass is 16.4. The second kappa shape index (κ2) is 10.9. The Balaban J connectivity index is 1.59. The third-order valence-corrected chi connectivity index (χ3v) is 4.22. The number of carboxylic acid groups (broad SMARTS) is 1. The molecule has 2 rings (SSSR count). The van der Waals surface area contributed by atoms with Crippen molar-refractivity contribution in [3.8, 4) is 0 Å². The first kappa shape index (κ1) is 21.2. The highest BCUT2D eigenvalue weighted by molar-refractivity contribution is 5.96. The molecule has 7 nitrogen and oxygen atoms in total. The molecule has 0 bridgehead atoms. The molecule has 0 unspecified atom stereocenters. The van der Waals surface area contributed by atoms with E-state index in [1.807, 2.05) is 0 Å². The molecule has 0 saturated carbocycles. The normalized spacial score (nSPS) is 13.1. The van der Waals surface area contributed by atoms with Gasteiger partial charge in [-0.25, -0.2) is 0 Å². The maximum atomic E-state index is 12.0. The summed E-state index contributed by atoms with van der Waals surface area (Å²) in [5.74, 6) is -1.25. The lowest BCUT2D eigenvalue weighted by Gasteiger charge is -2.09. The summed E-state index contributed by atoms with van der Waals surface area (Å²) in [6.45, 7) is 0.569. The van der Waals surface area contributed by atoms with Gasteiger partial charge in [-0.15, -0.1) is 5.73 Å². The Morgan fingerprint density at radius 1 is 1.11 bits per heavy atom. The Labute approximate surface area is 164 Å². The molecule has 7 heteroatoms. The van der Waals surface area contributed by atoms with E-state index in [0.717, 1.165) is 24.8 Å². The van der Waals surface area contributed by atoms with Crippen LogP contribution in [0.1, 0.15) is 31.2 Å². The molecule has 0 heterocycles. The molecule has 5 N–H and O–H groups in total. The Morgan fingerprint density at radius 2 is 1.86 bits per heavy atom. The van der Waals surface area contributed by atoms with Crippen molar-refractivity contribution in [2.45, 2.75) is 38.1 Å². The summed E-state index contributed by atoms with van der Waals surface area (Å²) < 4.78 is 0. The van der Waals surface area contributed by atoms with Crippen LogP contribution in [0, 0.1) is 0 Å². The zero-order valence-electron chi connectivity index (χ0n) is 15.6. The molecule has 1 aliphatic rings. The van der Waals surface area contributed by atoms with E-state index in [0.29, 0.717) is 24.2 Å². The van der Waals surface area contributed by atoms with Crippen LogP contribution >= 0.6 is 0 Å². The first-order valence-corrected chi connectivity index (χ1v) is 9.24. The molecule has 2 amide bonds. The van der Waals surface area contributed by atoms with Crippen molar-refractivity contribution >= 4 is 23.5 Å². The minimum Gasteiger partial charge on any atom is -0.480 e. The minimum atomic E-state index is -1.04. The molecular formula is C21H25N3O4. The first-order chi connectivity index (χ1) is 13.5. The van der Waals surface area contributed by atoms with Crippen LogP contribution in [0.2, 0.25) is 0 Å². The number of amides is 2. The van der Waals surface area contributed by atoms with E-state index in [-0.39, 0.29) is 18.2 Å². The number of allylic oxidation sites excluding steroid dienone is 1. The lowest BCUT2D eigenvalue weighted by molar-refractivity contribution is -0.138. The number of hydrogen-bond acceptors (Lipinski definition) is 4. The molecule has 0 spiro atoms. The van der Waals surface area contributed by atoms with Gasteiger partial charge in [0.1, 0.15) is 6.04 Å². The Kier molecular flexibility index (Phi) is 8.21. The average Bonchev–Trinajstić information content (AvgIpc) is 3.20. The lowest BCUT2D eigenvalue weighted by atomic mass is 10.1. The first-order valence-electron chi connectivity index (χ1n) is 9.24. The zero-order valence-corrected chi connectivity index (χ0v) is 15.6. The third-order valence-electron chi connectivity index (χ3n) is 4.22. The van der Waals surface area contributed by atoms with Gasteiger partial charge in [0, 0.05) is 18.7 Å². The van der Waals surface area contributed by atoms with E-state index in [2.05, 4.69) is 16.4 Å². The number of carboxylic acids is 1. The number of nitrogens with two attached hydrogens (primary N) is 1. The van der Waals surface area contributed by atoms with Crippen LogP contribution in [0.25, 0.3) is 0 Å². The minimum absolute atomic E-state index is 0.0783. The third kappa shape index (κ3) is 7.23. The molecule has 148 valence electrons. The topological polar surface area (TPSA) is 122 Å². The monoisotopic (exact) mass is 383 g/mol. The van der Waals surface area contributed by atoms with Crippen molar-refractivity contribution in [2.75, 3.05) is 11.9 Å². The van der Waals surface area contributed by atoms with Gasteiger partial charge in [-0.3, -0.25) is 14.4 Å². The maximum absolute atomic E-state index is 12.0. The summed E-state index contributed by atoms with van der Waals surface area (Å²) in [6.07, 6.45) is 8.20. The Morgan fingerprint density at radius 3 is 2.50 bits per heavy atom. The smallest absolute Gasteiger partial charge is 0.320 e. The number of benzene rings is 1. The molecule has 1 aromatic rings. The van der Waals surface area contributed by atoms with Crippen LogP contribution in [-0.2, 0) is 20.8 Å². The van der Waals surface area contributed by atoms with Gasteiger partial charge in [0.15, 0.2) is 0 Å². The standard InChI is InChI=1S/C21H25N3O4/c22-18(21(27)28)14-15-9-11-17(12-10-15)24-19(25)8-2-1-5-13-23-20(26)16-6-3-4-7-16/h3-4,6,9-12,18H,1-2,5,8,13-14,22H2,(H,23,26)(H,24,25)(H,27,28)/t18-/m0/s1. The zero-order chi connectivity index (χ0) is 20.4. The summed E-state index contributed by atoms with van der Waals surface area (Å²) in [6, 6.07) is 6.04. The number of hydrogen-bond donors (Lipinski definition) is 4. The average molecular weight is 383 g/mol. The van der Waals surface area contributed by atoms with E-state index in [4.69, 9.17) is 10.8 Å². The van der Waals surface area contributed by atoms with E-state index in [9.17, 15) is 14.4 Å². The fourth-order valence-electron chi connectivity index (χ4n) is 2.64. The number of rotatable bonds is 11. The van der Waals surface area contributed by atoms with Crippen molar-refractivity contribution in [1.29, 1.82) is 0 Å². The maximum Gasteiger partial charge on any atom is 0.320 e. The molecule has 0 aromatic heterocycles. The van der Waals surface area contributed by atoms with Gasteiger partial charge in [-0.1, -0.05) is 24.6 Å². The number of aliphatic carboxylic acids is 1. The number of carbonyl (C=O) groups is 3. The van der Waals surface area contributed by atoms with Crippen LogP contribution in [0.4, 0.5) is 5.69 Å². The van der Waals surface area contributed by atoms with Crippen LogP contribution in [0.3, 0.4) is 0 Å². The quantitative estimate of drug-likeness (QED) is 0.343. The summed E-state index contributed by atoms with van der Waals surface area (Å²) in [5, 5.41) is 14.5. The fourth-order valence-corrected chi connectivity index (χ4v) is 2.64. The Bertz CT molecular complexity index is 805. The van der Waals surface area contributed by atoms with Crippen LogP contribution in [0.15, 0.2) is 53.8 Å². The van der Waals surface area contributed by atoms with Crippen molar-refractivity contribution in [3.05, 3.63) is 59.4 Å². The van der Waals surface area contributed by atoms with E-state index in [1.165, 1.54) is 0 Å². The molecule has 0 aliphatic heterocycles. The van der Waals surface area contributed by atoms with Gasteiger partial charge >= 0.3 is 5.97 Å². The van der Waals surface area contributed by atoms with E-state index < -0.39 is 12.0 Å². The van der Waals surface area contributed by atoms with Gasteiger partial charge in [0.05, 0.1) is 5.57 Å². The molecule has 1 atom stereocenters. The van der Waals surface area contributed by atoms with Gasteiger partial charge in [-0.05, 0) is 49.1 Å². The summed E-state index contributed by atoms with van der Waals surface area (Å²) in [4.78, 5) is 34.5. The number of unbranched alkanes of at least 4 members (excludes halogenated alkanes) is 2. The highest BCUT2D eigenvalue weighted by Crippen LogP contribution is 2.12. The summed E-state index contributed by atoms with van der Waals surface area (Å²) >= 11 is 0. The SMILES string of the molecule is N[C@@H](Cc1ccc(NC(=O)CCCCCNC(=O)C2=C=CC=C2)cc1)C(=O)O. The molecule has 1 aromatic carbocycles. The van der Waals surface area contributed by atoms with Crippen molar-refractivity contribution in [1.82, 2.24) is 5.32 Å². The van der Waals surface area contributed by atoms with Crippen molar-refractivity contribution in [2.24, 2.45) is 5.73 Å². The van der Waals surface area contributed by atoms with Gasteiger partial charge < -0.3 is 21.5 Å². The van der Waals surface area contributed by atoms with Crippen LogP contribution in [-0.4, -0.2) is 35.5 Å². The predicted molar refractivity (Wildman–Crippen MR) is 107 cm³/mol. The molecule has 0 saturated heterocycles. The molecule has 0 fully saturated rings. The van der Waals surface area contributed by atoms with Crippen molar-refractivity contribution in [3.63, 3.8) is 0 Å².